The molecule has 2 unspecified atom stereocenters. The Labute approximate surface area is 129 Å². The lowest BCUT2D eigenvalue weighted by atomic mass is 10.1. The van der Waals surface area contributed by atoms with Crippen molar-refractivity contribution in [2.24, 2.45) is 11.8 Å². The largest absolute Gasteiger partial charge is 0.393 e. The molecular formula is C14H24N4O2S. The first kappa shape index (κ1) is 16.2. The number of hydrogen-bond acceptors (Lipinski definition) is 5. The van der Waals surface area contributed by atoms with Crippen molar-refractivity contribution in [3.8, 4) is 0 Å². The minimum absolute atomic E-state index is 0.187. The summed E-state index contributed by atoms with van der Waals surface area (Å²) in [6.07, 6.45) is 3.46. The van der Waals surface area contributed by atoms with Gasteiger partial charge in [0.05, 0.1) is 6.10 Å². The monoisotopic (exact) mass is 312 g/mol. The van der Waals surface area contributed by atoms with Gasteiger partial charge in [0.15, 0.2) is 0 Å². The van der Waals surface area contributed by atoms with Crippen molar-refractivity contribution in [3.63, 3.8) is 0 Å². The molecule has 0 aliphatic heterocycles. The molecule has 1 aliphatic carbocycles. The van der Waals surface area contributed by atoms with E-state index in [-0.39, 0.29) is 18.1 Å². The summed E-state index contributed by atoms with van der Waals surface area (Å²) in [6.45, 7) is 4.82. The Bertz CT molecular complexity index is 477. The quantitative estimate of drug-likeness (QED) is 0.875. The van der Waals surface area contributed by atoms with Crippen LogP contribution in [0.4, 0.5) is 9.93 Å². The number of carbonyl (C=O) groups excluding carboxylic acids is 1. The molecule has 0 radical (unpaired) electrons. The van der Waals surface area contributed by atoms with Crippen molar-refractivity contribution in [2.75, 3.05) is 18.9 Å². The lowest BCUT2D eigenvalue weighted by Gasteiger charge is -2.22. The molecule has 7 heteroatoms. The van der Waals surface area contributed by atoms with Gasteiger partial charge in [0.25, 0.3) is 0 Å². The van der Waals surface area contributed by atoms with Crippen LogP contribution in [0.15, 0.2) is 0 Å². The summed E-state index contributed by atoms with van der Waals surface area (Å²) in [5, 5.41) is 22.1. The molecule has 118 valence electrons. The van der Waals surface area contributed by atoms with Crippen LogP contribution in [0.2, 0.25) is 0 Å². The molecule has 1 heterocycles. The number of aliphatic hydroxyl groups excluding tert-OH is 1. The molecule has 0 saturated heterocycles. The third-order valence-corrected chi connectivity index (χ3v) is 4.60. The number of nitrogens with zero attached hydrogens (tertiary/aromatic N) is 3. The van der Waals surface area contributed by atoms with Gasteiger partial charge in [-0.2, -0.15) is 0 Å². The van der Waals surface area contributed by atoms with E-state index in [1.54, 1.807) is 11.9 Å². The zero-order valence-corrected chi connectivity index (χ0v) is 13.7. The maximum atomic E-state index is 12.1. The first-order valence-corrected chi connectivity index (χ1v) is 8.30. The van der Waals surface area contributed by atoms with Crippen molar-refractivity contribution >= 4 is 22.5 Å². The van der Waals surface area contributed by atoms with E-state index >= 15 is 0 Å². The fraction of sp³-hybridized carbons (Fsp3) is 0.786. The number of nitrogens with one attached hydrogen (secondary N) is 1. The Balaban J connectivity index is 1.84. The van der Waals surface area contributed by atoms with Gasteiger partial charge in [-0.25, -0.2) is 4.79 Å². The average Bonchev–Trinajstić information content (AvgIpc) is 2.99. The van der Waals surface area contributed by atoms with Crippen molar-refractivity contribution in [3.05, 3.63) is 5.01 Å². The van der Waals surface area contributed by atoms with E-state index in [0.717, 1.165) is 30.7 Å². The molecule has 0 spiro atoms. The number of urea groups is 1. The second-order valence-electron chi connectivity index (χ2n) is 6.17. The molecule has 2 rings (SSSR count). The molecule has 1 aliphatic rings. The van der Waals surface area contributed by atoms with Crippen LogP contribution in [0.25, 0.3) is 0 Å². The van der Waals surface area contributed by atoms with Gasteiger partial charge in [-0.15, -0.1) is 10.2 Å². The Morgan fingerprint density at radius 3 is 2.86 bits per heavy atom. The molecule has 1 aromatic rings. The van der Waals surface area contributed by atoms with Gasteiger partial charge in [-0.05, 0) is 18.8 Å². The predicted octanol–water partition coefficient (Wildman–Crippen LogP) is 2.36. The Kier molecular flexibility index (Phi) is 5.52. The van der Waals surface area contributed by atoms with Crippen LogP contribution in [0.3, 0.4) is 0 Å². The smallest absolute Gasteiger partial charge is 0.323 e. The summed E-state index contributed by atoms with van der Waals surface area (Å²) in [4.78, 5) is 13.7. The van der Waals surface area contributed by atoms with Gasteiger partial charge in [0.1, 0.15) is 5.01 Å². The normalized spacial score (nSPS) is 21.8. The number of hydrogen-bond donors (Lipinski definition) is 2. The third kappa shape index (κ3) is 4.64. The minimum atomic E-state index is -0.278. The van der Waals surface area contributed by atoms with Crippen LogP contribution in [0.1, 0.15) is 38.1 Å². The van der Waals surface area contributed by atoms with Crippen molar-refractivity contribution in [2.45, 2.75) is 45.6 Å². The average molecular weight is 312 g/mol. The van der Waals surface area contributed by atoms with E-state index in [0.29, 0.717) is 17.6 Å². The van der Waals surface area contributed by atoms with E-state index in [1.807, 2.05) is 0 Å². The first-order chi connectivity index (χ1) is 9.95. The van der Waals surface area contributed by atoms with E-state index in [1.165, 1.54) is 11.3 Å². The van der Waals surface area contributed by atoms with E-state index in [2.05, 4.69) is 29.4 Å². The number of anilines is 1. The van der Waals surface area contributed by atoms with Crippen molar-refractivity contribution < 1.29 is 9.90 Å². The zero-order chi connectivity index (χ0) is 15.4. The molecular weight excluding hydrogens is 288 g/mol. The fourth-order valence-corrected chi connectivity index (χ4v) is 3.53. The van der Waals surface area contributed by atoms with E-state index in [9.17, 15) is 9.90 Å². The summed E-state index contributed by atoms with van der Waals surface area (Å²) in [6, 6.07) is -0.193. The number of rotatable bonds is 5. The topological polar surface area (TPSA) is 78.4 Å². The third-order valence-electron chi connectivity index (χ3n) is 3.74. The maximum absolute atomic E-state index is 12.1. The van der Waals surface area contributed by atoms with E-state index < -0.39 is 0 Å². The SMILES string of the molecule is CC(C)Cc1nnc(NC(=O)N(C)CC2CCCC2O)s1. The van der Waals surface area contributed by atoms with Crippen LogP contribution in [0, 0.1) is 11.8 Å². The molecule has 2 amide bonds. The first-order valence-electron chi connectivity index (χ1n) is 7.48. The number of carbonyl (C=O) groups is 1. The molecule has 1 saturated carbocycles. The van der Waals surface area contributed by atoms with Crippen LogP contribution in [0.5, 0.6) is 0 Å². The highest BCUT2D eigenvalue weighted by atomic mass is 32.1. The van der Waals surface area contributed by atoms with Gasteiger partial charge >= 0.3 is 6.03 Å². The summed E-state index contributed by atoms with van der Waals surface area (Å²) in [5.41, 5.74) is 0. The summed E-state index contributed by atoms with van der Waals surface area (Å²) >= 11 is 1.42. The van der Waals surface area contributed by atoms with Gasteiger partial charge in [-0.1, -0.05) is 31.6 Å². The second kappa shape index (κ2) is 7.17. The number of amides is 2. The molecule has 6 nitrogen and oxygen atoms in total. The lowest BCUT2D eigenvalue weighted by molar-refractivity contribution is 0.116. The van der Waals surface area contributed by atoms with Gasteiger partial charge in [-0.3, -0.25) is 5.32 Å². The molecule has 2 atom stereocenters. The lowest BCUT2D eigenvalue weighted by Crippen LogP contribution is -2.37. The number of aromatic nitrogens is 2. The van der Waals surface area contributed by atoms with Crippen molar-refractivity contribution in [1.29, 1.82) is 0 Å². The summed E-state index contributed by atoms with van der Waals surface area (Å²) < 4.78 is 0. The molecule has 1 fully saturated rings. The van der Waals surface area contributed by atoms with Gasteiger partial charge < -0.3 is 10.0 Å². The van der Waals surface area contributed by atoms with Gasteiger partial charge in [0, 0.05) is 25.9 Å². The maximum Gasteiger partial charge on any atom is 0.323 e. The number of aliphatic hydroxyl groups is 1. The van der Waals surface area contributed by atoms with E-state index in [4.69, 9.17) is 0 Å². The molecule has 0 bridgehead atoms. The Morgan fingerprint density at radius 1 is 1.48 bits per heavy atom. The Hall–Kier alpha value is -1.21. The zero-order valence-electron chi connectivity index (χ0n) is 12.9. The van der Waals surface area contributed by atoms with Crippen LogP contribution in [-0.2, 0) is 6.42 Å². The fourth-order valence-electron chi connectivity index (χ4n) is 2.59. The molecule has 21 heavy (non-hydrogen) atoms. The second-order valence-corrected chi connectivity index (χ2v) is 7.23. The standard InChI is InChI=1S/C14H24N4O2S/c1-9(2)7-12-16-17-13(21-12)15-14(20)18(3)8-10-5-4-6-11(10)19/h9-11,19H,4-8H2,1-3H3,(H,15,17,20). The van der Waals surface area contributed by atoms with Crippen LogP contribution < -0.4 is 5.32 Å². The van der Waals surface area contributed by atoms with Crippen LogP contribution in [-0.4, -0.2) is 45.9 Å². The highest BCUT2D eigenvalue weighted by Crippen LogP contribution is 2.26. The summed E-state index contributed by atoms with van der Waals surface area (Å²) in [7, 11) is 1.75. The Morgan fingerprint density at radius 2 is 2.24 bits per heavy atom. The van der Waals surface area contributed by atoms with Gasteiger partial charge in [0.2, 0.25) is 5.13 Å². The van der Waals surface area contributed by atoms with Crippen molar-refractivity contribution in [1.82, 2.24) is 15.1 Å². The predicted molar refractivity (Wildman–Crippen MR) is 83.4 cm³/mol. The minimum Gasteiger partial charge on any atom is -0.393 e. The molecule has 0 aromatic carbocycles. The van der Waals surface area contributed by atoms with Crippen LogP contribution >= 0.6 is 11.3 Å². The highest BCUT2D eigenvalue weighted by Gasteiger charge is 2.27. The molecule has 2 N–H and O–H groups in total. The molecule has 1 aromatic heterocycles. The highest BCUT2D eigenvalue weighted by molar-refractivity contribution is 7.15. The summed E-state index contributed by atoms with van der Waals surface area (Å²) in [5.74, 6) is 0.708.